The molecule has 1 aliphatic heterocycles. The maximum Gasteiger partial charge on any atom is 0.333 e. The summed E-state index contributed by atoms with van der Waals surface area (Å²) in [7, 11) is 1.36. The van der Waals surface area contributed by atoms with Crippen molar-refractivity contribution in [2.75, 3.05) is 7.11 Å². The first kappa shape index (κ1) is 18.2. The number of ether oxygens (including phenoxy) is 1. The van der Waals surface area contributed by atoms with E-state index >= 15 is 0 Å². The summed E-state index contributed by atoms with van der Waals surface area (Å²) in [5.41, 5.74) is 2.90. The lowest BCUT2D eigenvalue weighted by Crippen LogP contribution is -2.40. The molecule has 1 atom stereocenters. The van der Waals surface area contributed by atoms with Crippen molar-refractivity contribution < 1.29 is 14.3 Å². The van der Waals surface area contributed by atoms with Crippen LogP contribution in [0.4, 0.5) is 0 Å². The van der Waals surface area contributed by atoms with Crippen LogP contribution in [0.2, 0.25) is 0 Å². The van der Waals surface area contributed by atoms with Crippen molar-refractivity contribution >= 4 is 34.4 Å². The minimum absolute atomic E-state index is 0.158. The Kier molecular flexibility index (Phi) is 5.08. The highest BCUT2D eigenvalue weighted by molar-refractivity contribution is 7.09. The van der Waals surface area contributed by atoms with Gasteiger partial charge in [0.25, 0.3) is 5.91 Å². The van der Waals surface area contributed by atoms with Crippen LogP contribution in [0.1, 0.15) is 16.0 Å². The van der Waals surface area contributed by atoms with Gasteiger partial charge < -0.3 is 9.64 Å². The number of hydrogen-bond acceptors (Lipinski definition) is 4. The average molecular weight is 389 g/mol. The monoisotopic (exact) mass is 389 g/mol. The lowest BCUT2D eigenvalue weighted by Gasteiger charge is -2.24. The van der Waals surface area contributed by atoms with Crippen molar-refractivity contribution in [2.24, 2.45) is 0 Å². The molecule has 0 N–H and O–H groups in total. The molecule has 28 heavy (non-hydrogen) atoms. The van der Waals surface area contributed by atoms with Gasteiger partial charge in [0.1, 0.15) is 0 Å². The molecule has 1 unspecified atom stereocenters. The minimum Gasteiger partial charge on any atom is -0.467 e. The van der Waals surface area contributed by atoms with Gasteiger partial charge >= 0.3 is 5.97 Å². The molecule has 0 radical (unpaired) electrons. The number of thiophene rings is 1. The lowest BCUT2D eigenvalue weighted by atomic mass is 9.93. The molecule has 5 heteroatoms. The number of benzene rings is 2. The van der Waals surface area contributed by atoms with Gasteiger partial charge in [0, 0.05) is 10.5 Å². The molecule has 0 saturated heterocycles. The smallest absolute Gasteiger partial charge is 0.333 e. The largest absolute Gasteiger partial charge is 0.467 e. The maximum absolute atomic E-state index is 13.5. The summed E-state index contributed by atoms with van der Waals surface area (Å²) in [6.45, 7) is 0.364. The van der Waals surface area contributed by atoms with Crippen LogP contribution in [0.15, 0.2) is 78.2 Å². The average Bonchev–Trinajstić information content (AvgIpc) is 3.36. The lowest BCUT2D eigenvalue weighted by molar-refractivity contribution is -0.148. The third-order valence-electron chi connectivity index (χ3n) is 4.81. The summed E-state index contributed by atoms with van der Waals surface area (Å²) in [4.78, 5) is 29.0. The van der Waals surface area contributed by atoms with Crippen LogP contribution >= 0.6 is 11.3 Å². The van der Waals surface area contributed by atoms with Crippen LogP contribution in [0, 0.1) is 0 Å². The van der Waals surface area contributed by atoms with Crippen molar-refractivity contribution in [1.82, 2.24) is 4.90 Å². The maximum atomic E-state index is 13.5. The summed E-state index contributed by atoms with van der Waals surface area (Å²) in [5, 5.41) is 1.96. The molecule has 0 saturated carbocycles. The number of carbonyl (C=O) groups excluding carboxylic acids is 2. The molecule has 1 aromatic heterocycles. The van der Waals surface area contributed by atoms with Gasteiger partial charge in [-0.2, -0.15) is 0 Å². The molecule has 1 aliphatic rings. The first-order valence-electron chi connectivity index (χ1n) is 8.97. The number of nitrogens with zero attached hydrogens (tertiary/aromatic N) is 1. The Morgan fingerprint density at radius 1 is 0.964 bits per heavy atom. The zero-order chi connectivity index (χ0) is 19.5. The quantitative estimate of drug-likeness (QED) is 0.613. The van der Waals surface area contributed by atoms with Gasteiger partial charge in [-0.25, -0.2) is 4.79 Å². The zero-order valence-electron chi connectivity index (χ0n) is 15.4. The van der Waals surface area contributed by atoms with E-state index in [1.165, 1.54) is 7.11 Å². The highest BCUT2D eigenvalue weighted by atomic mass is 32.1. The van der Waals surface area contributed by atoms with Gasteiger partial charge in [0.2, 0.25) is 0 Å². The summed E-state index contributed by atoms with van der Waals surface area (Å²) in [5.74, 6) is -0.594. The van der Waals surface area contributed by atoms with Crippen LogP contribution in [0.25, 0.3) is 11.1 Å². The van der Waals surface area contributed by atoms with Crippen LogP contribution in [0.5, 0.6) is 0 Å². The normalized spacial score (nSPS) is 16.5. The fraction of sp³-hybridized carbons (Fsp3) is 0.130. The van der Waals surface area contributed by atoms with Gasteiger partial charge in [-0.1, -0.05) is 66.7 Å². The Hall–Kier alpha value is -3.18. The minimum atomic E-state index is -0.780. The molecular formula is C23H19NO3S. The van der Waals surface area contributed by atoms with E-state index in [1.807, 2.05) is 78.2 Å². The third-order valence-corrected chi connectivity index (χ3v) is 5.67. The SMILES string of the molecule is COC(=O)C1C(c2ccccc2)=C(c2ccccc2)C(=O)N1Cc1cccs1. The molecule has 0 fully saturated rings. The second kappa shape index (κ2) is 7.82. The van der Waals surface area contributed by atoms with Crippen molar-refractivity contribution in [1.29, 1.82) is 0 Å². The van der Waals surface area contributed by atoms with E-state index in [1.54, 1.807) is 16.2 Å². The summed E-state index contributed by atoms with van der Waals surface area (Å²) in [6.07, 6.45) is 0. The molecule has 2 aromatic carbocycles. The van der Waals surface area contributed by atoms with E-state index < -0.39 is 12.0 Å². The predicted molar refractivity (Wildman–Crippen MR) is 110 cm³/mol. The molecule has 3 aromatic rings. The van der Waals surface area contributed by atoms with Gasteiger partial charge in [-0.15, -0.1) is 11.3 Å². The van der Waals surface area contributed by atoms with E-state index in [9.17, 15) is 9.59 Å². The highest BCUT2D eigenvalue weighted by Crippen LogP contribution is 2.40. The van der Waals surface area contributed by atoms with E-state index in [0.717, 1.165) is 16.0 Å². The van der Waals surface area contributed by atoms with Gasteiger partial charge in [-0.3, -0.25) is 4.79 Å². The van der Waals surface area contributed by atoms with Crippen molar-refractivity contribution in [3.8, 4) is 0 Å². The van der Waals surface area contributed by atoms with Crippen LogP contribution in [0.3, 0.4) is 0 Å². The second-order valence-electron chi connectivity index (χ2n) is 6.46. The first-order chi connectivity index (χ1) is 13.7. The van der Waals surface area contributed by atoms with Crippen molar-refractivity contribution in [3.05, 3.63) is 94.2 Å². The Bertz CT molecular complexity index is 1010. The standard InChI is InChI=1S/C23H19NO3S/c1-27-23(26)21-19(16-9-4-2-5-10-16)20(17-11-6-3-7-12-17)22(25)24(21)15-18-13-8-14-28-18/h2-14,21H,15H2,1H3. The van der Waals surface area contributed by atoms with E-state index in [4.69, 9.17) is 4.74 Å². The number of methoxy groups -OCH3 is 1. The number of rotatable bonds is 5. The van der Waals surface area contributed by atoms with Gasteiger partial charge in [0.15, 0.2) is 6.04 Å². The Morgan fingerprint density at radius 3 is 2.18 bits per heavy atom. The Balaban J connectivity index is 1.90. The first-order valence-corrected chi connectivity index (χ1v) is 9.85. The molecule has 4 rings (SSSR count). The summed E-state index contributed by atoms with van der Waals surface area (Å²) >= 11 is 1.56. The molecule has 140 valence electrons. The number of hydrogen-bond donors (Lipinski definition) is 0. The van der Waals surface area contributed by atoms with E-state index in [0.29, 0.717) is 17.7 Å². The molecule has 1 amide bonds. The van der Waals surface area contributed by atoms with Crippen molar-refractivity contribution in [2.45, 2.75) is 12.6 Å². The topological polar surface area (TPSA) is 46.6 Å². The van der Waals surface area contributed by atoms with Gasteiger partial charge in [-0.05, 0) is 22.6 Å². The number of esters is 1. The molecular weight excluding hydrogens is 370 g/mol. The molecule has 0 spiro atoms. The highest BCUT2D eigenvalue weighted by Gasteiger charge is 2.44. The number of amides is 1. The summed E-state index contributed by atoms with van der Waals surface area (Å²) < 4.78 is 5.10. The molecule has 2 heterocycles. The fourth-order valence-corrected chi connectivity index (χ4v) is 4.27. The Labute approximate surface area is 167 Å². The Morgan fingerprint density at radius 2 is 1.61 bits per heavy atom. The van der Waals surface area contributed by atoms with E-state index in [2.05, 4.69) is 0 Å². The zero-order valence-corrected chi connectivity index (χ0v) is 16.2. The van der Waals surface area contributed by atoms with Gasteiger partial charge in [0.05, 0.1) is 19.2 Å². The fourth-order valence-electron chi connectivity index (χ4n) is 3.56. The molecule has 4 nitrogen and oxygen atoms in total. The predicted octanol–water partition coefficient (Wildman–Crippen LogP) is 4.24. The molecule has 0 aliphatic carbocycles. The second-order valence-corrected chi connectivity index (χ2v) is 7.49. The summed E-state index contributed by atoms with van der Waals surface area (Å²) in [6, 6.07) is 22.2. The van der Waals surface area contributed by atoms with Crippen LogP contribution < -0.4 is 0 Å². The van der Waals surface area contributed by atoms with E-state index in [-0.39, 0.29) is 5.91 Å². The van der Waals surface area contributed by atoms with Crippen LogP contribution in [-0.4, -0.2) is 29.9 Å². The third kappa shape index (κ3) is 3.25. The van der Waals surface area contributed by atoms with Crippen LogP contribution in [-0.2, 0) is 20.9 Å². The molecule has 0 bridgehead atoms. The number of carbonyl (C=O) groups is 2. The van der Waals surface area contributed by atoms with Crippen molar-refractivity contribution in [3.63, 3.8) is 0 Å².